The van der Waals surface area contributed by atoms with E-state index in [9.17, 15) is 62.5 Å². The SMILES string of the molecule is CCCC[C@H]1C(=O)N2CCC[C@@H]2C(=O)N[C@@H](CC(=O)O)C(=O)N[C@H](C(C)C)C(=O)N(C)[C@@H](Cc2ccccc2)C(=O)N[C@@H](CCC(=O)O)C(=O)N2CCCC[C@@H]2C(=O)N[C@H](Cc2c[nH]c3ccccc23)C(=O)N[C@@H](Cc2ccc(O)cc2)C(=O)N[C@@H](CCN)C(=O)N[C@H](C(=O)NCC(N)=O)CSCC(=O)N[C@@H](Cc2cc(F)c(F)c(F)c2)C(=O)N(C)[C@@H](Cc2ccc(F)cc2)C(=O)N1C. The maximum atomic E-state index is 15.7. The zero-order valence-electron chi connectivity index (χ0n) is 75.0. The number of benzene rings is 5. The number of rotatable bonds is 24. The molecule has 3 saturated heterocycles. The number of amides is 15. The van der Waals surface area contributed by atoms with Gasteiger partial charge in [0.1, 0.15) is 90.1 Å². The molecule has 3 aliphatic rings. The Labute approximate surface area is 774 Å². The molecule has 13 atom stereocenters. The van der Waals surface area contributed by atoms with Crippen LogP contribution in [0.1, 0.15) is 126 Å². The minimum absolute atomic E-state index is 0.0683. The molecular weight excluding hydrogens is 1770 g/mol. The van der Waals surface area contributed by atoms with E-state index in [-0.39, 0.29) is 82.3 Å². The Morgan fingerprint density at radius 3 is 1.69 bits per heavy atom. The molecule has 0 spiro atoms. The van der Waals surface area contributed by atoms with Gasteiger partial charge < -0.3 is 104 Å². The number of aromatic hydroxyl groups is 1. The number of thioether (sulfide) groups is 1. The van der Waals surface area contributed by atoms with E-state index >= 15 is 51.9 Å². The normalized spacial score (nSPS) is 23.5. The maximum Gasteiger partial charge on any atom is 0.305 e. The van der Waals surface area contributed by atoms with Crippen LogP contribution in [-0.4, -0.2) is 283 Å². The van der Waals surface area contributed by atoms with Gasteiger partial charge in [0, 0.05) is 95.6 Å². The van der Waals surface area contributed by atoms with Crippen LogP contribution in [0.5, 0.6) is 5.75 Å². The van der Waals surface area contributed by atoms with Crippen LogP contribution in [0.25, 0.3) is 10.9 Å². The number of likely N-dealkylation sites (N-methyl/N-ethyl adjacent to an activating group) is 3. The Kier molecular flexibility index (Phi) is 38.3. The summed E-state index contributed by atoms with van der Waals surface area (Å²) >= 11 is 0.614. The van der Waals surface area contributed by atoms with Gasteiger partial charge in [-0.05, 0) is 134 Å². The van der Waals surface area contributed by atoms with E-state index in [4.69, 9.17) is 11.5 Å². The second-order valence-electron chi connectivity index (χ2n) is 33.8. The summed E-state index contributed by atoms with van der Waals surface area (Å²) in [5.74, 6) is -27.1. The number of phenolic OH excluding ortho intramolecular Hbond substituents is 1. The number of H-pyrrole nitrogens is 1. The number of carboxylic acids is 2. The summed E-state index contributed by atoms with van der Waals surface area (Å²) < 4.78 is 59.7. The van der Waals surface area contributed by atoms with E-state index in [1.807, 2.05) is 0 Å². The lowest BCUT2D eigenvalue weighted by Gasteiger charge is -2.38. The van der Waals surface area contributed by atoms with E-state index in [1.54, 1.807) is 67.7 Å². The van der Waals surface area contributed by atoms with Gasteiger partial charge in [-0.1, -0.05) is 106 Å². The number of para-hydroxylation sites is 1. The van der Waals surface area contributed by atoms with Crippen molar-refractivity contribution in [2.24, 2.45) is 17.4 Å². The van der Waals surface area contributed by atoms with Crippen LogP contribution < -0.4 is 59.3 Å². The quantitative estimate of drug-likeness (QED) is 0.0302. The van der Waals surface area contributed by atoms with E-state index in [2.05, 4.69) is 52.8 Å². The molecule has 17 N–H and O–H groups in total. The van der Waals surface area contributed by atoms with Gasteiger partial charge in [0.05, 0.1) is 18.7 Å². The number of aromatic nitrogens is 1. The van der Waals surface area contributed by atoms with Gasteiger partial charge in [0.15, 0.2) is 17.5 Å². The number of carboxylic acid groups (broad SMARTS) is 2. The molecule has 722 valence electrons. The van der Waals surface area contributed by atoms with Crippen LogP contribution in [0.4, 0.5) is 17.6 Å². The zero-order chi connectivity index (χ0) is 97.9. The highest BCUT2D eigenvalue weighted by Gasteiger charge is 2.46. The molecule has 9 rings (SSSR count). The first-order valence-electron chi connectivity index (χ1n) is 44.1. The molecule has 4 heterocycles. The van der Waals surface area contributed by atoms with Crippen LogP contribution in [0.3, 0.4) is 0 Å². The number of unbranched alkanes of at least 4 members (excludes halogenated alkanes) is 1. The van der Waals surface area contributed by atoms with E-state index < -0.39 is 277 Å². The Bertz CT molecular complexity index is 5230. The lowest BCUT2D eigenvalue weighted by atomic mass is 9.97. The zero-order valence-corrected chi connectivity index (χ0v) is 75.8. The average Bonchev–Trinajstić information content (AvgIpc) is 1.71. The Morgan fingerprint density at radius 2 is 1.05 bits per heavy atom. The minimum atomic E-state index is -1.99. The van der Waals surface area contributed by atoms with Gasteiger partial charge in [-0.25, -0.2) is 17.6 Å². The minimum Gasteiger partial charge on any atom is -0.508 e. The molecule has 15 amide bonds. The van der Waals surface area contributed by atoms with Crippen molar-refractivity contribution in [3.05, 3.63) is 173 Å². The number of carbonyl (C=O) groups excluding carboxylic acids is 15. The Balaban J connectivity index is 1.14. The lowest BCUT2D eigenvalue weighted by molar-refractivity contribution is -0.152. The number of carbonyl (C=O) groups is 17. The molecule has 3 fully saturated rings. The summed E-state index contributed by atoms with van der Waals surface area (Å²) in [6.45, 7) is 3.32. The van der Waals surface area contributed by atoms with Crippen LogP contribution in [0.15, 0.2) is 121 Å². The highest BCUT2D eigenvalue weighted by molar-refractivity contribution is 8.00. The van der Waals surface area contributed by atoms with Crippen molar-refractivity contribution in [3.8, 4) is 5.75 Å². The average molecular weight is 1890 g/mol. The molecule has 3 aliphatic heterocycles. The number of nitrogens with two attached hydrogens (primary N) is 2. The van der Waals surface area contributed by atoms with Crippen LogP contribution >= 0.6 is 11.8 Å². The first-order chi connectivity index (χ1) is 63.7. The predicted molar refractivity (Wildman–Crippen MR) is 480 cm³/mol. The highest BCUT2D eigenvalue weighted by atomic mass is 32.2. The summed E-state index contributed by atoms with van der Waals surface area (Å²) in [4.78, 5) is 258. The number of hydrogen-bond donors (Lipinski definition) is 15. The summed E-state index contributed by atoms with van der Waals surface area (Å²) in [7, 11) is 3.55. The topological polar surface area (TPSA) is 543 Å². The van der Waals surface area contributed by atoms with Gasteiger partial charge in [-0.15, -0.1) is 11.8 Å². The third-order valence-electron chi connectivity index (χ3n) is 23.7. The van der Waals surface area contributed by atoms with Gasteiger partial charge in [-0.3, -0.25) is 81.5 Å². The molecule has 1 aromatic heterocycles. The van der Waals surface area contributed by atoms with Crippen LogP contribution in [0.2, 0.25) is 0 Å². The fraction of sp³-hybridized carbons (Fsp3) is 0.467. The van der Waals surface area contributed by atoms with E-state index in [0.29, 0.717) is 64.3 Å². The van der Waals surface area contributed by atoms with Crippen molar-refractivity contribution >= 4 is 123 Å². The van der Waals surface area contributed by atoms with Crippen molar-refractivity contribution in [2.75, 3.05) is 58.8 Å². The molecule has 0 bridgehead atoms. The molecule has 0 saturated carbocycles. The molecule has 6 aromatic rings. The van der Waals surface area contributed by atoms with E-state index in [0.717, 1.165) is 43.7 Å². The molecule has 134 heavy (non-hydrogen) atoms. The highest BCUT2D eigenvalue weighted by Crippen LogP contribution is 2.29. The number of nitrogens with zero attached hydrogens (tertiary/aromatic N) is 5. The van der Waals surface area contributed by atoms with Crippen LogP contribution in [-0.2, 0) is 114 Å². The fourth-order valence-electron chi connectivity index (χ4n) is 16.4. The number of fused-ring (bicyclic) bond motifs is 3. The van der Waals surface area contributed by atoms with Crippen molar-refractivity contribution in [1.82, 2.24) is 77.3 Å². The monoisotopic (exact) mass is 1890 g/mol. The number of nitrogens with one attached hydrogen (secondary N) is 10. The second-order valence-corrected chi connectivity index (χ2v) is 34.9. The van der Waals surface area contributed by atoms with Crippen LogP contribution in [0, 0.1) is 29.2 Å². The number of aliphatic carboxylic acids is 2. The Morgan fingerprint density at radius 1 is 0.515 bits per heavy atom. The van der Waals surface area contributed by atoms with Crippen molar-refractivity contribution in [2.45, 2.75) is 208 Å². The standard InChI is InChI=1S/C92H115F4N17O20S/c1-7-8-21-71-91(132)113-37-16-23-70(113)86(127)106-66(45-77(119)120)84(125)108-79(50(2)3)92(133)110(5)72(42-51-17-10-9-11-18-51)87(128)103-63(32-33-76(117)118)89(130)112-36-15-14-22-69(112)85(126)105-65(44-55-46-99-61-20-13-12-19-58(55)61)83(124)104-64(40-52-26-30-57(114)31-27-52)82(123)102-62(34-35-97)81(122)107-68(80(121)100-47-74(98)115)48-134-49-75(116)101-67(41-54-38-59(94)78(96)60(95)39-54)88(129)111(6)73(90(131)109(71)4)43-53-24-28-56(93)29-25-53/h9-13,17-20,24-31,38-39,46,50,62-73,79,99,114H,7-8,14-16,21-23,32-37,40-45,47-49,97H2,1-6H3,(H2,98,115)(H,100,121)(H,101,116)(H,102,123)(H,103,128)(H,104,124)(H,105,126)(H,106,127)(H,107,122)(H,108,125)(H,117,118)(H,119,120)/t62-,63-,64-,65+,66-,67-,68-,69+,70+,71-,72-,73-,79+/m0/s1. The Hall–Kier alpha value is -13.5. The molecule has 0 radical (unpaired) electrons. The summed E-state index contributed by atoms with van der Waals surface area (Å²) in [5.41, 5.74) is 13.1. The summed E-state index contributed by atoms with van der Waals surface area (Å²) in [6, 6.07) is 4.31. The molecular formula is C92H115F4N17O20S. The van der Waals surface area contributed by atoms with Gasteiger partial charge >= 0.3 is 11.9 Å². The lowest BCUT2D eigenvalue weighted by Crippen LogP contribution is -2.63. The third-order valence-corrected chi connectivity index (χ3v) is 24.8. The van der Waals surface area contributed by atoms with E-state index in [1.165, 1.54) is 64.3 Å². The van der Waals surface area contributed by atoms with Gasteiger partial charge in [0.25, 0.3) is 0 Å². The molecule has 5 aromatic carbocycles. The fourth-order valence-corrected chi connectivity index (χ4v) is 17.2. The number of phenols is 1. The van der Waals surface area contributed by atoms with Gasteiger partial charge in [-0.2, -0.15) is 0 Å². The smallest absolute Gasteiger partial charge is 0.305 e. The molecule has 0 aliphatic carbocycles. The molecule has 42 heteroatoms. The van der Waals surface area contributed by atoms with Gasteiger partial charge in [0.2, 0.25) is 88.6 Å². The number of aromatic amines is 1. The van der Waals surface area contributed by atoms with Crippen molar-refractivity contribution < 1.29 is 114 Å². The first kappa shape index (κ1) is 104. The number of hydrogen-bond acceptors (Lipinski definition) is 20. The largest absolute Gasteiger partial charge is 0.508 e. The third kappa shape index (κ3) is 28.7. The predicted octanol–water partition coefficient (Wildman–Crippen LogP) is 1.56. The number of primary amides is 1. The van der Waals surface area contributed by atoms with Crippen molar-refractivity contribution in [1.29, 1.82) is 0 Å². The first-order valence-corrected chi connectivity index (χ1v) is 45.3. The second kappa shape index (κ2) is 49.3. The van der Waals surface area contributed by atoms with Crippen molar-refractivity contribution in [3.63, 3.8) is 0 Å². The summed E-state index contributed by atoms with van der Waals surface area (Å²) in [6.07, 6.45) is -2.49. The number of piperidine rings is 1. The maximum absolute atomic E-state index is 15.7. The number of halogens is 4. The molecule has 37 nitrogen and oxygen atoms in total. The molecule has 0 unspecified atom stereocenters. The summed E-state index contributed by atoms with van der Waals surface area (Å²) in [5, 5.41) is 54.5.